The third kappa shape index (κ3) is 5.13. The fourth-order valence-electron chi connectivity index (χ4n) is 6.11. The number of hydrogen-bond acceptors (Lipinski definition) is 6. The average Bonchev–Trinajstić information content (AvgIpc) is 3.27. The van der Waals surface area contributed by atoms with Crippen molar-refractivity contribution in [2.24, 2.45) is 0 Å². The van der Waals surface area contributed by atoms with E-state index >= 15 is 0 Å². The van der Waals surface area contributed by atoms with E-state index in [0.717, 1.165) is 62.8 Å². The smallest absolute Gasteiger partial charge is 0.185 e. The molecule has 4 aromatic rings. The summed E-state index contributed by atoms with van der Waals surface area (Å²) < 4.78 is 35.3. The molecule has 7 rings (SSSR count). The number of nitrogens with zero attached hydrogens (tertiary/aromatic N) is 4. The van der Waals surface area contributed by atoms with E-state index in [9.17, 15) is 4.39 Å². The lowest BCUT2D eigenvalue weighted by Gasteiger charge is -2.42. The number of benzene rings is 3. The van der Waals surface area contributed by atoms with Crippen LogP contribution in [-0.2, 0) is 17.8 Å². The predicted octanol–water partition coefficient (Wildman–Crippen LogP) is 6.15. The maximum Gasteiger partial charge on any atom is 0.185 e. The Labute approximate surface area is 244 Å². The minimum atomic E-state index is -0.545. The highest BCUT2D eigenvalue weighted by atomic mass is 35.5. The van der Waals surface area contributed by atoms with Gasteiger partial charge in [-0.15, -0.1) is 0 Å². The number of hydrogen-bond donors (Lipinski definition) is 0. The standard InChI is InChI=1S/C32H34ClFN4O3/c1-20-6-9-26-28(14-20)38(17-23-10-13-39-23)31(35-26)18-36-11-12-37(16-21(36)2)27-4-3-5-29-32(27)41-30(19-40-29)24-8-7-22(33)15-25(24)34/h3-9,14-15,21,23,30H,10-13,16-19H2,1-2H3/t21?,23?,30-/m1/s1. The number of halogens is 2. The van der Waals surface area contributed by atoms with Gasteiger partial charge in [0.05, 0.1) is 35.9 Å². The quantitative estimate of drug-likeness (QED) is 0.274. The van der Waals surface area contributed by atoms with E-state index in [2.05, 4.69) is 52.5 Å². The lowest BCUT2D eigenvalue weighted by molar-refractivity contribution is -0.0592. The van der Waals surface area contributed by atoms with Crippen LogP contribution in [0, 0.1) is 12.7 Å². The van der Waals surface area contributed by atoms with Crippen LogP contribution in [0.1, 0.15) is 36.4 Å². The van der Waals surface area contributed by atoms with Gasteiger partial charge in [0, 0.05) is 42.9 Å². The number of aryl methyl sites for hydroxylation is 1. The minimum absolute atomic E-state index is 0.242. The summed E-state index contributed by atoms with van der Waals surface area (Å²) in [6.45, 7) is 9.62. The maximum absolute atomic E-state index is 14.7. The van der Waals surface area contributed by atoms with E-state index < -0.39 is 6.10 Å². The van der Waals surface area contributed by atoms with E-state index in [4.69, 9.17) is 30.8 Å². The topological polar surface area (TPSA) is 52.0 Å². The summed E-state index contributed by atoms with van der Waals surface area (Å²) in [6, 6.07) is 17.4. The molecule has 2 unspecified atom stereocenters. The van der Waals surface area contributed by atoms with Gasteiger partial charge in [0.25, 0.3) is 0 Å². The molecule has 214 valence electrons. The van der Waals surface area contributed by atoms with Crippen LogP contribution in [0.15, 0.2) is 54.6 Å². The van der Waals surface area contributed by atoms with E-state index in [1.54, 1.807) is 12.1 Å². The first-order valence-electron chi connectivity index (χ1n) is 14.4. The Hall–Kier alpha value is -3.33. The van der Waals surface area contributed by atoms with Crippen LogP contribution in [0.2, 0.25) is 5.02 Å². The summed E-state index contributed by atoms with van der Waals surface area (Å²) in [5, 5.41) is 0.359. The van der Waals surface area contributed by atoms with Gasteiger partial charge in [-0.05, 0) is 62.2 Å². The summed E-state index contributed by atoms with van der Waals surface area (Å²) in [4.78, 5) is 9.90. The molecule has 0 spiro atoms. The molecular weight excluding hydrogens is 543 g/mol. The van der Waals surface area contributed by atoms with Crippen LogP contribution in [0.4, 0.5) is 10.1 Å². The summed E-state index contributed by atoms with van der Waals surface area (Å²) in [6.07, 6.45) is 0.812. The second-order valence-corrected chi connectivity index (χ2v) is 11.8. The van der Waals surface area contributed by atoms with Gasteiger partial charge in [0.1, 0.15) is 18.2 Å². The number of piperazine rings is 1. The zero-order chi connectivity index (χ0) is 28.1. The molecule has 3 aliphatic heterocycles. The van der Waals surface area contributed by atoms with Crippen LogP contribution in [-0.4, -0.2) is 59.4 Å². The molecule has 3 aliphatic rings. The van der Waals surface area contributed by atoms with Crippen molar-refractivity contribution in [2.45, 2.75) is 51.6 Å². The Morgan fingerprint density at radius 2 is 1.98 bits per heavy atom. The first-order valence-corrected chi connectivity index (χ1v) is 14.7. The highest BCUT2D eigenvalue weighted by molar-refractivity contribution is 6.30. The molecule has 3 aromatic carbocycles. The summed E-state index contributed by atoms with van der Waals surface area (Å²) in [7, 11) is 0. The number of aromatic nitrogens is 2. The average molecular weight is 577 g/mol. The van der Waals surface area contributed by atoms with E-state index in [0.29, 0.717) is 22.1 Å². The van der Waals surface area contributed by atoms with E-state index in [1.807, 2.05) is 12.1 Å². The molecule has 0 radical (unpaired) electrons. The molecule has 3 atom stereocenters. The number of ether oxygens (including phenoxy) is 3. The summed E-state index contributed by atoms with van der Waals surface area (Å²) in [5.74, 6) is 2.05. The molecule has 2 saturated heterocycles. The molecule has 0 amide bonds. The van der Waals surface area contributed by atoms with E-state index in [1.165, 1.54) is 17.1 Å². The van der Waals surface area contributed by atoms with Crippen molar-refractivity contribution in [3.05, 3.63) is 82.4 Å². The Bertz CT molecular complexity index is 1590. The Morgan fingerprint density at radius 3 is 2.76 bits per heavy atom. The lowest BCUT2D eigenvalue weighted by Crippen LogP contribution is -2.52. The van der Waals surface area contributed by atoms with Gasteiger partial charge in [-0.1, -0.05) is 29.8 Å². The molecule has 4 heterocycles. The van der Waals surface area contributed by atoms with Gasteiger partial charge in [-0.25, -0.2) is 9.37 Å². The molecule has 0 N–H and O–H groups in total. The Morgan fingerprint density at radius 1 is 1.10 bits per heavy atom. The SMILES string of the molecule is Cc1ccc2nc(CN3CCN(c4cccc5c4O[C@@H](c4ccc(Cl)cc4F)CO5)CC3C)n(CC3CCO3)c2c1. The molecule has 2 fully saturated rings. The Kier molecular flexibility index (Phi) is 7.01. The maximum atomic E-state index is 14.7. The number of anilines is 1. The second kappa shape index (κ2) is 10.8. The fourth-order valence-corrected chi connectivity index (χ4v) is 6.27. The molecule has 7 nitrogen and oxygen atoms in total. The highest BCUT2D eigenvalue weighted by Gasteiger charge is 2.32. The van der Waals surface area contributed by atoms with Gasteiger partial charge in [0.2, 0.25) is 0 Å². The zero-order valence-corrected chi connectivity index (χ0v) is 24.1. The van der Waals surface area contributed by atoms with Crippen LogP contribution >= 0.6 is 11.6 Å². The number of fused-ring (bicyclic) bond motifs is 2. The third-order valence-electron chi connectivity index (χ3n) is 8.53. The van der Waals surface area contributed by atoms with Gasteiger partial charge in [-0.2, -0.15) is 0 Å². The monoisotopic (exact) mass is 576 g/mol. The van der Waals surface area contributed by atoms with Crippen LogP contribution in [0.5, 0.6) is 11.5 Å². The zero-order valence-electron chi connectivity index (χ0n) is 23.4. The molecule has 0 bridgehead atoms. The van der Waals surface area contributed by atoms with Crippen molar-refractivity contribution in [3.63, 3.8) is 0 Å². The summed E-state index contributed by atoms with van der Waals surface area (Å²) >= 11 is 5.97. The van der Waals surface area contributed by atoms with Crippen molar-refractivity contribution in [1.82, 2.24) is 14.5 Å². The minimum Gasteiger partial charge on any atom is -0.485 e. The van der Waals surface area contributed by atoms with Gasteiger partial charge < -0.3 is 23.7 Å². The van der Waals surface area contributed by atoms with Crippen molar-refractivity contribution < 1.29 is 18.6 Å². The highest BCUT2D eigenvalue weighted by Crippen LogP contribution is 2.44. The van der Waals surface area contributed by atoms with E-state index in [-0.39, 0.29) is 24.6 Å². The largest absolute Gasteiger partial charge is 0.485 e. The molecule has 0 aliphatic carbocycles. The molecule has 1 aromatic heterocycles. The van der Waals surface area contributed by atoms with Crippen LogP contribution in [0.25, 0.3) is 11.0 Å². The second-order valence-electron chi connectivity index (χ2n) is 11.4. The number of para-hydroxylation sites is 1. The van der Waals surface area contributed by atoms with Crippen molar-refractivity contribution in [1.29, 1.82) is 0 Å². The van der Waals surface area contributed by atoms with Crippen molar-refractivity contribution >= 4 is 28.3 Å². The van der Waals surface area contributed by atoms with Gasteiger partial charge in [-0.3, -0.25) is 4.90 Å². The van der Waals surface area contributed by atoms with Crippen molar-refractivity contribution in [3.8, 4) is 11.5 Å². The lowest BCUT2D eigenvalue weighted by atomic mass is 10.1. The van der Waals surface area contributed by atoms with Gasteiger partial charge >= 0.3 is 0 Å². The first-order chi connectivity index (χ1) is 19.9. The fraction of sp³-hybridized carbons (Fsp3) is 0.406. The summed E-state index contributed by atoms with van der Waals surface area (Å²) in [5.41, 5.74) is 4.87. The van der Waals surface area contributed by atoms with Gasteiger partial charge in [0.15, 0.2) is 17.6 Å². The molecular formula is C32H34ClFN4O3. The number of rotatable bonds is 6. The Balaban J connectivity index is 1.09. The van der Waals surface area contributed by atoms with Crippen molar-refractivity contribution in [2.75, 3.05) is 37.7 Å². The molecule has 9 heteroatoms. The van der Waals surface area contributed by atoms with Crippen LogP contribution < -0.4 is 14.4 Å². The predicted molar refractivity (Wildman–Crippen MR) is 158 cm³/mol. The van der Waals surface area contributed by atoms with Crippen LogP contribution in [0.3, 0.4) is 0 Å². The third-order valence-corrected chi connectivity index (χ3v) is 8.77. The normalized spacial score (nSPS) is 22.6. The molecule has 0 saturated carbocycles. The first kappa shape index (κ1) is 26.6. The number of imidazole rings is 1. The molecule has 41 heavy (non-hydrogen) atoms.